The number of nitrogens with zero attached hydrogens (tertiary/aromatic N) is 3. The second-order valence-electron chi connectivity index (χ2n) is 8.33. The molecule has 2 amide bonds. The summed E-state index contributed by atoms with van der Waals surface area (Å²) < 4.78 is 27.9. The van der Waals surface area contributed by atoms with Gasteiger partial charge in [0.2, 0.25) is 15.9 Å². The first-order valence-electron chi connectivity index (χ1n) is 11.0. The van der Waals surface area contributed by atoms with Crippen molar-refractivity contribution in [2.24, 2.45) is 0 Å². The standard InChI is InChI=1S/C23H24N4O4S2/c28-21-4-3-11-26(21)15-16-5-7-17(8-6-16)22(29)25-23-24-19-10-9-18(14-20(19)32-23)33(30,31)27-12-1-2-13-27/h5-10,14H,1-4,11-13,15H2,(H,24,25,29). The number of hydrogen-bond acceptors (Lipinski definition) is 6. The number of hydrogen-bond donors (Lipinski definition) is 1. The van der Waals surface area contributed by atoms with Gasteiger partial charge >= 0.3 is 0 Å². The summed E-state index contributed by atoms with van der Waals surface area (Å²) in [6.07, 6.45) is 3.27. The second-order valence-corrected chi connectivity index (χ2v) is 11.3. The molecular formula is C23H24N4O4S2. The third-order valence-corrected chi connectivity index (χ3v) is 8.87. The highest BCUT2D eigenvalue weighted by atomic mass is 32.2. The van der Waals surface area contributed by atoms with E-state index >= 15 is 0 Å². The van der Waals surface area contributed by atoms with Crippen LogP contribution in [0.25, 0.3) is 10.2 Å². The maximum Gasteiger partial charge on any atom is 0.257 e. The molecule has 5 rings (SSSR count). The van der Waals surface area contributed by atoms with Crippen LogP contribution < -0.4 is 5.32 Å². The second kappa shape index (κ2) is 8.85. The summed E-state index contributed by atoms with van der Waals surface area (Å²) in [5.41, 5.74) is 2.11. The van der Waals surface area contributed by atoms with Crippen LogP contribution in [0.4, 0.5) is 5.13 Å². The van der Waals surface area contributed by atoms with E-state index < -0.39 is 10.0 Å². The lowest BCUT2D eigenvalue weighted by atomic mass is 10.1. The molecule has 10 heteroatoms. The van der Waals surface area contributed by atoms with Crippen molar-refractivity contribution in [3.05, 3.63) is 53.6 Å². The number of anilines is 1. The molecule has 2 aliphatic heterocycles. The van der Waals surface area contributed by atoms with Crippen LogP contribution in [0.5, 0.6) is 0 Å². The Labute approximate surface area is 196 Å². The summed E-state index contributed by atoms with van der Waals surface area (Å²) in [7, 11) is -3.50. The van der Waals surface area contributed by atoms with Gasteiger partial charge in [-0.1, -0.05) is 23.5 Å². The van der Waals surface area contributed by atoms with Crippen LogP contribution in [0.15, 0.2) is 47.4 Å². The van der Waals surface area contributed by atoms with Crippen LogP contribution >= 0.6 is 11.3 Å². The molecule has 0 unspecified atom stereocenters. The van der Waals surface area contributed by atoms with E-state index in [0.29, 0.717) is 47.0 Å². The molecule has 33 heavy (non-hydrogen) atoms. The van der Waals surface area contributed by atoms with Crippen LogP contribution in [0.2, 0.25) is 0 Å². The van der Waals surface area contributed by atoms with Crippen molar-refractivity contribution >= 4 is 48.5 Å². The summed E-state index contributed by atoms with van der Waals surface area (Å²) in [4.78, 5) is 31.0. The average molecular weight is 485 g/mol. The van der Waals surface area contributed by atoms with Gasteiger partial charge in [0.25, 0.3) is 5.91 Å². The SMILES string of the molecule is O=C(Nc1nc2ccc(S(=O)(=O)N3CCCC3)cc2s1)c1ccc(CN2CCCC2=O)cc1. The molecule has 3 aromatic rings. The Morgan fingerprint density at radius 2 is 1.79 bits per heavy atom. The zero-order chi connectivity index (χ0) is 23.0. The average Bonchev–Trinajstić information content (AvgIpc) is 3.55. The van der Waals surface area contributed by atoms with Gasteiger partial charge in [0.1, 0.15) is 0 Å². The number of sulfonamides is 1. The van der Waals surface area contributed by atoms with Crippen molar-refractivity contribution in [3.63, 3.8) is 0 Å². The smallest absolute Gasteiger partial charge is 0.257 e. The molecule has 0 saturated carbocycles. The molecule has 1 aromatic heterocycles. The number of benzene rings is 2. The molecule has 2 saturated heterocycles. The highest BCUT2D eigenvalue weighted by Crippen LogP contribution is 2.30. The number of aromatic nitrogens is 1. The highest BCUT2D eigenvalue weighted by Gasteiger charge is 2.27. The number of rotatable bonds is 6. The van der Waals surface area contributed by atoms with Gasteiger partial charge in [-0.05, 0) is 55.2 Å². The molecule has 0 bridgehead atoms. The molecule has 0 radical (unpaired) electrons. The lowest BCUT2D eigenvalue weighted by Gasteiger charge is -2.15. The lowest BCUT2D eigenvalue weighted by molar-refractivity contribution is -0.128. The summed E-state index contributed by atoms with van der Waals surface area (Å²) in [5, 5.41) is 3.22. The first-order valence-corrected chi connectivity index (χ1v) is 13.2. The highest BCUT2D eigenvalue weighted by molar-refractivity contribution is 7.89. The molecule has 0 atom stereocenters. The Balaban J connectivity index is 1.28. The number of carbonyl (C=O) groups excluding carboxylic acids is 2. The van der Waals surface area contributed by atoms with Crippen LogP contribution in [-0.4, -0.2) is 54.1 Å². The van der Waals surface area contributed by atoms with Crippen molar-refractivity contribution in [1.82, 2.24) is 14.2 Å². The summed E-state index contributed by atoms with van der Waals surface area (Å²) in [6.45, 7) is 2.44. The van der Waals surface area contributed by atoms with E-state index in [1.54, 1.807) is 30.3 Å². The molecule has 1 N–H and O–H groups in total. The first-order chi connectivity index (χ1) is 15.9. The number of carbonyl (C=O) groups is 2. The van der Waals surface area contributed by atoms with Crippen LogP contribution in [-0.2, 0) is 21.4 Å². The molecule has 172 valence electrons. The fourth-order valence-electron chi connectivity index (χ4n) is 4.22. The van der Waals surface area contributed by atoms with E-state index in [4.69, 9.17) is 0 Å². The molecular weight excluding hydrogens is 460 g/mol. The Bertz CT molecular complexity index is 1310. The summed E-state index contributed by atoms with van der Waals surface area (Å²) >= 11 is 1.25. The quantitative estimate of drug-likeness (QED) is 0.578. The maximum atomic E-state index is 12.8. The third-order valence-electron chi connectivity index (χ3n) is 6.04. The van der Waals surface area contributed by atoms with Crippen LogP contribution in [0, 0.1) is 0 Å². The number of thiazole rings is 1. The van der Waals surface area contributed by atoms with E-state index in [2.05, 4.69) is 10.3 Å². The summed E-state index contributed by atoms with van der Waals surface area (Å²) in [5.74, 6) is -0.119. The predicted octanol–water partition coefficient (Wildman–Crippen LogP) is 3.46. The number of fused-ring (bicyclic) bond motifs is 1. The molecule has 2 aliphatic rings. The predicted molar refractivity (Wildman–Crippen MR) is 127 cm³/mol. The van der Waals surface area contributed by atoms with Crippen molar-refractivity contribution in [2.45, 2.75) is 37.1 Å². The fraction of sp³-hybridized carbons (Fsp3) is 0.348. The molecule has 2 aromatic carbocycles. The minimum absolute atomic E-state index is 0.170. The molecule has 0 spiro atoms. The van der Waals surface area contributed by atoms with Gasteiger partial charge in [0.05, 0.1) is 15.1 Å². The van der Waals surface area contributed by atoms with Gasteiger partial charge in [0.15, 0.2) is 5.13 Å². The fourth-order valence-corrected chi connectivity index (χ4v) is 6.74. The zero-order valence-electron chi connectivity index (χ0n) is 18.0. The third kappa shape index (κ3) is 4.50. The number of nitrogens with one attached hydrogen (secondary N) is 1. The normalized spacial score (nSPS) is 17.2. The first kappa shape index (κ1) is 22.0. The van der Waals surface area contributed by atoms with Crippen molar-refractivity contribution in [2.75, 3.05) is 25.0 Å². The van der Waals surface area contributed by atoms with Gasteiger partial charge in [-0.3, -0.25) is 14.9 Å². The number of amides is 2. The Kier molecular flexibility index (Phi) is 5.90. The van der Waals surface area contributed by atoms with Gasteiger partial charge in [0, 0.05) is 38.2 Å². The largest absolute Gasteiger partial charge is 0.338 e. The zero-order valence-corrected chi connectivity index (χ0v) is 19.6. The van der Waals surface area contributed by atoms with Crippen molar-refractivity contribution in [3.8, 4) is 0 Å². The van der Waals surface area contributed by atoms with E-state index in [1.807, 2.05) is 17.0 Å². The topological polar surface area (TPSA) is 99.7 Å². The monoisotopic (exact) mass is 484 g/mol. The van der Waals surface area contributed by atoms with E-state index in [1.165, 1.54) is 15.6 Å². The van der Waals surface area contributed by atoms with Crippen molar-refractivity contribution < 1.29 is 18.0 Å². The van der Waals surface area contributed by atoms with Crippen LogP contribution in [0.3, 0.4) is 0 Å². The van der Waals surface area contributed by atoms with E-state index in [-0.39, 0.29) is 16.7 Å². The van der Waals surface area contributed by atoms with Gasteiger partial charge in [-0.25, -0.2) is 13.4 Å². The van der Waals surface area contributed by atoms with Gasteiger partial charge in [-0.15, -0.1) is 0 Å². The van der Waals surface area contributed by atoms with Gasteiger partial charge < -0.3 is 4.90 Å². The maximum absolute atomic E-state index is 12.8. The Hall–Kier alpha value is -2.82. The van der Waals surface area contributed by atoms with Gasteiger partial charge in [-0.2, -0.15) is 4.31 Å². The van der Waals surface area contributed by atoms with E-state index in [0.717, 1.165) is 31.4 Å². The lowest BCUT2D eigenvalue weighted by Crippen LogP contribution is -2.27. The minimum atomic E-state index is -3.50. The minimum Gasteiger partial charge on any atom is -0.338 e. The molecule has 8 nitrogen and oxygen atoms in total. The Morgan fingerprint density at radius 1 is 1.03 bits per heavy atom. The van der Waals surface area contributed by atoms with E-state index in [9.17, 15) is 18.0 Å². The molecule has 3 heterocycles. The van der Waals surface area contributed by atoms with Crippen molar-refractivity contribution in [1.29, 1.82) is 0 Å². The van der Waals surface area contributed by atoms with Crippen LogP contribution in [0.1, 0.15) is 41.6 Å². The molecule has 0 aliphatic carbocycles. The molecule has 2 fully saturated rings. The Morgan fingerprint density at radius 3 is 2.48 bits per heavy atom. The number of likely N-dealkylation sites (tertiary alicyclic amines) is 1. The summed E-state index contributed by atoms with van der Waals surface area (Å²) in [6, 6.07) is 12.1.